The highest BCUT2D eigenvalue weighted by Crippen LogP contribution is 2.28. The summed E-state index contributed by atoms with van der Waals surface area (Å²) in [5.41, 5.74) is 8.57. The summed E-state index contributed by atoms with van der Waals surface area (Å²) in [7, 11) is 1.88. The molecule has 0 radical (unpaired) electrons. The van der Waals surface area contributed by atoms with Crippen molar-refractivity contribution in [1.29, 1.82) is 0 Å². The Morgan fingerprint density at radius 1 is 1.21 bits per heavy atom. The minimum Gasteiger partial charge on any atom is -0.473 e. The Kier molecular flexibility index (Phi) is 5.69. The number of fused-ring (bicyclic) bond motifs is 1. The summed E-state index contributed by atoms with van der Waals surface area (Å²) in [6.45, 7) is 0. The van der Waals surface area contributed by atoms with Gasteiger partial charge in [-0.3, -0.25) is 4.68 Å². The van der Waals surface area contributed by atoms with E-state index in [1.54, 1.807) is 21.6 Å². The Morgan fingerprint density at radius 3 is 2.71 bits per heavy atom. The van der Waals surface area contributed by atoms with Gasteiger partial charge in [0.2, 0.25) is 5.88 Å². The second-order valence-electron chi connectivity index (χ2n) is 5.81. The lowest BCUT2D eigenvalue weighted by atomic mass is 10.2. The summed E-state index contributed by atoms with van der Waals surface area (Å²) in [5, 5.41) is 8.50. The number of ether oxygens (including phenoxy) is 1. The minimum atomic E-state index is 0. The van der Waals surface area contributed by atoms with Crippen molar-refractivity contribution in [3.8, 4) is 17.1 Å². The topological polar surface area (TPSA) is 83.3 Å². The van der Waals surface area contributed by atoms with Gasteiger partial charge < -0.3 is 10.5 Å². The van der Waals surface area contributed by atoms with Crippen LogP contribution in [-0.2, 0) is 7.05 Å². The highest BCUT2D eigenvalue weighted by Gasteiger charge is 2.24. The first kappa shape index (κ1) is 18.5. The summed E-state index contributed by atoms with van der Waals surface area (Å²) >= 11 is 0. The van der Waals surface area contributed by atoms with Crippen LogP contribution in [0.3, 0.4) is 0 Å². The van der Waals surface area contributed by atoms with E-state index in [2.05, 4.69) is 15.2 Å². The van der Waals surface area contributed by atoms with Gasteiger partial charge in [-0.25, -0.2) is 9.50 Å². The van der Waals surface area contributed by atoms with Crippen LogP contribution in [0.5, 0.6) is 5.88 Å². The second kappa shape index (κ2) is 7.38. The van der Waals surface area contributed by atoms with Gasteiger partial charge in [0.1, 0.15) is 11.6 Å². The van der Waals surface area contributed by atoms with Gasteiger partial charge in [0, 0.05) is 24.8 Å². The molecule has 0 amide bonds. The first-order chi connectivity index (χ1) is 10.7. The third-order valence-corrected chi connectivity index (χ3v) is 4.06. The molecule has 2 atom stereocenters. The van der Waals surface area contributed by atoms with Crippen molar-refractivity contribution in [2.24, 2.45) is 12.8 Å². The van der Waals surface area contributed by atoms with Gasteiger partial charge in [0.15, 0.2) is 0 Å². The predicted molar refractivity (Wildman–Crippen MR) is 95.9 cm³/mol. The lowest BCUT2D eigenvalue weighted by molar-refractivity contribution is 0.202. The van der Waals surface area contributed by atoms with Crippen molar-refractivity contribution in [3.63, 3.8) is 0 Å². The summed E-state index contributed by atoms with van der Waals surface area (Å²) < 4.78 is 9.65. The van der Waals surface area contributed by atoms with Crippen LogP contribution in [0.1, 0.15) is 19.3 Å². The zero-order chi connectivity index (χ0) is 15.1. The van der Waals surface area contributed by atoms with Crippen molar-refractivity contribution in [1.82, 2.24) is 24.4 Å². The lowest BCUT2D eigenvalue weighted by Gasteiger charge is -2.14. The monoisotopic (exact) mass is 370 g/mol. The molecule has 9 heteroatoms. The van der Waals surface area contributed by atoms with Crippen LogP contribution in [0.25, 0.3) is 16.8 Å². The maximum absolute atomic E-state index is 6.11. The quantitative estimate of drug-likeness (QED) is 0.764. The molecule has 7 nitrogen and oxygen atoms in total. The molecule has 0 spiro atoms. The lowest BCUT2D eigenvalue weighted by Crippen LogP contribution is -2.19. The Morgan fingerprint density at radius 2 is 2.04 bits per heavy atom. The molecular weight excluding hydrogens is 351 g/mol. The molecule has 3 heterocycles. The summed E-state index contributed by atoms with van der Waals surface area (Å²) in [6.07, 6.45) is 10.3. The van der Waals surface area contributed by atoms with Crippen molar-refractivity contribution >= 4 is 30.3 Å². The molecule has 0 bridgehead atoms. The number of hydrogen-bond acceptors (Lipinski definition) is 5. The van der Waals surface area contributed by atoms with Gasteiger partial charge in [-0.05, 0) is 25.3 Å². The molecule has 1 saturated carbocycles. The number of nitrogens with zero attached hydrogens (tertiary/aromatic N) is 5. The average molecular weight is 371 g/mol. The van der Waals surface area contributed by atoms with Gasteiger partial charge in [-0.2, -0.15) is 10.2 Å². The van der Waals surface area contributed by atoms with E-state index in [9.17, 15) is 0 Å². The summed E-state index contributed by atoms with van der Waals surface area (Å²) in [6, 6.07) is 2.14. The molecule has 24 heavy (non-hydrogen) atoms. The van der Waals surface area contributed by atoms with Crippen molar-refractivity contribution in [3.05, 3.63) is 30.9 Å². The zero-order valence-electron chi connectivity index (χ0n) is 13.2. The number of hydrogen-bond donors (Lipinski definition) is 1. The SMILES string of the molecule is Cl.Cl.Cn1cc(-c2cn3nccc3c(O[C@H]3CC[C@H](N)C3)n2)cn1. The number of aromatic nitrogens is 5. The molecular formula is C15H20Cl2N6O. The van der Waals surface area contributed by atoms with E-state index in [1.165, 1.54) is 0 Å². The van der Waals surface area contributed by atoms with Gasteiger partial charge in [-0.15, -0.1) is 24.8 Å². The van der Waals surface area contributed by atoms with Crippen LogP contribution in [0.2, 0.25) is 0 Å². The Balaban J connectivity index is 0.00000104. The van der Waals surface area contributed by atoms with Crippen LogP contribution in [0.4, 0.5) is 0 Å². The van der Waals surface area contributed by atoms with Gasteiger partial charge in [0.05, 0.1) is 24.3 Å². The number of halogens is 2. The normalized spacial score (nSPS) is 19.8. The number of aryl methyl sites for hydroxylation is 1. The van der Waals surface area contributed by atoms with Crippen LogP contribution >= 0.6 is 24.8 Å². The molecule has 0 aliphatic heterocycles. The minimum absolute atomic E-state index is 0. The smallest absolute Gasteiger partial charge is 0.240 e. The fourth-order valence-corrected chi connectivity index (χ4v) is 2.92. The fourth-order valence-electron chi connectivity index (χ4n) is 2.92. The first-order valence-electron chi connectivity index (χ1n) is 7.45. The van der Waals surface area contributed by atoms with Crippen molar-refractivity contribution in [2.75, 3.05) is 0 Å². The zero-order valence-corrected chi connectivity index (χ0v) is 14.8. The van der Waals surface area contributed by atoms with Crippen LogP contribution in [0.15, 0.2) is 30.9 Å². The first-order valence-corrected chi connectivity index (χ1v) is 7.45. The van der Waals surface area contributed by atoms with Crippen LogP contribution < -0.4 is 10.5 Å². The maximum Gasteiger partial charge on any atom is 0.240 e. The molecule has 130 valence electrons. The highest BCUT2D eigenvalue weighted by atomic mass is 35.5. The van der Waals surface area contributed by atoms with E-state index < -0.39 is 0 Å². The predicted octanol–water partition coefficient (Wildman–Crippen LogP) is 2.23. The molecule has 1 aliphatic carbocycles. The average Bonchev–Trinajstić information content (AvgIpc) is 3.20. The van der Waals surface area contributed by atoms with Gasteiger partial charge >= 0.3 is 0 Å². The largest absolute Gasteiger partial charge is 0.473 e. The number of nitrogens with two attached hydrogens (primary N) is 1. The molecule has 2 N–H and O–H groups in total. The highest BCUT2D eigenvalue weighted by molar-refractivity contribution is 5.85. The third-order valence-electron chi connectivity index (χ3n) is 4.06. The Bertz CT molecular complexity index is 817. The molecule has 1 aliphatic rings. The van der Waals surface area contributed by atoms with E-state index in [4.69, 9.17) is 10.5 Å². The molecule has 4 rings (SSSR count). The van der Waals surface area contributed by atoms with Crippen molar-refractivity contribution < 1.29 is 4.74 Å². The fraction of sp³-hybridized carbons (Fsp3) is 0.400. The van der Waals surface area contributed by atoms with E-state index in [1.807, 2.05) is 25.5 Å². The standard InChI is InChI=1S/C15H18N6O.2ClH/c1-20-8-10(7-18-20)13-9-21-14(4-5-17-21)15(19-13)22-12-3-2-11(16)6-12;;/h4-5,7-9,11-12H,2-3,6,16H2,1H3;2*1H/t11-,12-;;/m0../s1. The van der Waals surface area contributed by atoms with Crippen molar-refractivity contribution in [2.45, 2.75) is 31.4 Å². The van der Waals surface area contributed by atoms with E-state index in [-0.39, 0.29) is 37.0 Å². The van der Waals surface area contributed by atoms with E-state index >= 15 is 0 Å². The maximum atomic E-state index is 6.11. The molecule has 3 aromatic rings. The molecule has 0 saturated heterocycles. The van der Waals surface area contributed by atoms with Crippen LogP contribution in [-0.4, -0.2) is 36.5 Å². The molecule has 1 fully saturated rings. The third kappa shape index (κ3) is 3.48. The summed E-state index contributed by atoms with van der Waals surface area (Å²) in [5.74, 6) is 0.609. The Labute approximate surface area is 152 Å². The molecule has 3 aromatic heterocycles. The van der Waals surface area contributed by atoms with Crippen LogP contribution in [0, 0.1) is 0 Å². The van der Waals surface area contributed by atoms with Gasteiger partial charge in [-0.1, -0.05) is 0 Å². The Hall–Kier alpha value is -1.83. The molecule has 0 unspecified atom stereocenters. The van der Waals surface area contributed by atoms with E-state index in [0.717, 1.165) is 36.0 Å². The molecule has 0 aromatic carbocycles. The number of rotatable bonds is 3. The van der Waals surface area contributed by atoms with Gasteiger partial charge in [0.25, 0.3) is 0 Å². The second-order valence-corrected chi connectivity index (χ2v) is 5.81. The summed E-state index contributed by atoms with van der Waals surface area (Å²) in [4.78, 5) is 4.67. The van der Waals surface area contributed by atoms with E-state index in [0.29, 0.717) is 5.88 Å².